The molecule has 20 heavy (non-hydrogen) atoms. The first-order valence-corrected chi connectivity index (χ1v) is 8.45. The number of nitrogens with one attached hydrogen (secondary N) is 2. The number of amides is 1. The lowest BCUT2D eigenvalue weighted by Crippen LogP contribution is -2.56. The van der Waals surface area contributed by atoms with Crippen LogP contribution in [0.3, 0.4) is 0 Å². The summed E-state index contributed by atoms with van der Waals surface area (Å²) >= 11 is 1.97. The van der Waals surface area contributed by atoms with Gasteiger partial charge in [0.2, 0.25) is 0 Å². The van der Waals surface area contributed by atoms with Crippen LogP contribution in [-0.4, -0.2) is 48.8 Å². The van der Waals surface area contributed by atoms with E-state index in [0.29, 0.717) is 11.3 Å². The predicted molar refractivity (Wildman–Crippen MR) is 86.8 cm³/mol. The fourth-order valence-corrected chi connectivity index (χ4v) is 4.36. The van der Waals surface area contributed by atoms with Gasteiger partial charge in [0.05, 0.1) is 0 Å². The number of carbonyl (C=O) groups is 1. The molecule has 6 heteroatoms. The highest BCUT2D eigenvalue weighted by Gasteiger charge is 2.41. The third kappa shape index (κ3) is 4.03. The van der Waals surface area contributed by atoms with Crippen molar-refractivity contribution in [3.63, 3.8) is 0 Å². The highest BCUT2D eigenvalue weighted by molar-refractivity contribution is 7.99. The molecule has 4 nitrogen and oxygen atoms in total. The van der Waals surface area contributed by atoms with Crippen molar-refractivity contribution >= 4 is 30.1 Å². The normalized spacial score (nSPS) is 28.7. The zero-order valence-electron chi connectivity index (χ0n) is 12.4. The molecule has 0 radical (unpaired) electrons. The molecule has 2 rings (SSSR count). The van der Waals surface area contributed by atoms with E-state index in [1.54, 1.807) is 7.11 Å². The second-order valence-corrected chi connectivity index (χ2v) is 6.97. The first-order valence-electron chi connectivity index (χ1n) is 7.40. The summed E-state index contributed by atoms with van der Waals surface area (Å²) in [6.45, 7) is 3.91. The van der Waals surface area contributed by atoms with Gasteiger partial charge in [0.25, 0.3) is 5.91 Å². The molecule has 0 bridgehead atoms. The van der Waals surface area contributed by atoms with Gasteiger partial charge < -0.3 is 15.4 Å². The average molecular weight is 323 g/mol. The summed E-state index contributed by atoms with van der Waals surface area (Å²) in [5, 5.41) is 7.14. The standard InChI is InChI=1S/C14H26N2O2S.ClH/c1-3-19-12-6-4-5-11(12)16-13(17)14(18-2)7-9-15-10-8-14;/h11-12,15H,3-10H2,1-2H3,(H,16,17);1H. The van der Waals surface area contributed by atoms with E-state index in [1.807, 2.05) is 11.8 Å². The van der Waals surface area contributed by atoms with Gasteiger partial charge in [-0.05, 0) is 44.5 Å². The third-order valence-corrected chi connectivity index (χ3v) is 5.69. The molecule has 2 N–H and O–H groups in total. The van der Waals surface area contributed by atoms with Gasteiger partial charge in [0.1, 0.15) is 5.60 Å². The summed E-state index contributed by atoms with van der Waals surface area (Å²) in [5.74, 6) is 1.22. The number of thioether (sulfide) groups is 1. The van der Waals surface area contributed by atoms with Crippen LogP contribution in [0.15, 0.2) is 0 Å². The fraction of sp³-hybridized carbons (Fsp3) is 0.929. The fourth-order valence-electron chi connectivity index (χ4n) is 3.16. The Hall–Kier alpha value is 0.0300. The largest absolute Gasteiger partial charge is 0.368 e. The van der Waals surface area contributed by atoms with Crippen molar-refractivity contribution in [3.05, 3.63) is 0 Å². The lowest BCUT2D eigenvalue weighted by Gasteiger charge is -2.36. The molecule has 0 aromatic rings. The molecule has 2 aliphatic rings. The molecule has 2 unspecified atom stereocenters. The van der Waals surface area contributed by atoms with E-state index in [1.165, 1.54) is 12.8 Å². The van der Waals surface area contributed by atoms with Gasteiger partial charge in [-0.25, -0.2) is 0 Å². The lowest BCUT2D eigenvalue weighted by molar-refractivity contribution is -0.147. The van der Waals surface area contributed by atoms with Gasteiger partial charge in [-0.1, -0.05) is 13.3 Å². The summed E-state index contributed by atoms with van der Waals surface area (Å²) in [4.78, 5) is 12.6. The van der Waals surface area contributed by atoms with Crippen molar-refractivity contribution in [1.82, 2.24) is 10.6 Å². The van der Waals surface area contributed by atoms with E-state index >= 15 is 0 Å². The van der Waals surface area contributed by atoms with Crippen LogP contribution in [-0.2, 0) is 9.53 Å². The smallest absolute Gasteiger partial charge is 0.252 e. The van der Waals surface area contributed by atoms with Gasteiger partial charge >= 0.3 is 0 Å². The molecule has 0 aromatic heterocycles. The van der Waals surface area contributed by atoms with Crippen molar-refractivity contribution < 1.29 is 9.53 Å². The Bertz CT molecular complexity index is 312. The number of hydrogen-bond acceptors (Lipinski definition) is 4. The van der Waals surface area contributed by atoms with E-state index in [2.05, 4.69) is 17.6 Å². The van der Waals surface area contributed by atoms with Crippen LogP contribution in [0, 0.1) is 0 Å². The molecule has 0 spiro atoms. The van der Waals surface area contributed by atoms with Crippen molar-refractivity contribution in [1.29, 1.82) is 0 Å². The molecule has 1 amide bonds. The Balaban J connectivity index is 0.00000200. The van der Waals surface area contributed by atoms with E-state index < -0.39 is 5.60 Å². The number of methoxy groups -OCH3 is 1. The molecule has 118 valence electrons. The molecule has 1 saturated carbocycles. The third-order valence-electron chi connectivity index (χ3n) is 4.37. The Labute approximate surface area is 132 Å². The minimum absolute atomic E-state index is 0. The zero-order chi connectivity index (χ0) is 13.7. The van der Waals surface area contributed by atoms with Gasteiger partial charge in [0, 0.05) is 18.4 Å². The topological polar surface area (TPSA) is 50.4 Å². The Morgan fingerprint density at radius 3 is 2.70 bits per heavy atom. The first kappa shape index (κ1) is 18.1. The van der Waals surface area contributed by atoms with Crippen LogP contribution in [0.4, 0.5) is 0 Å². The van der Waals surface area contributed by atoms with E-state index in [0.717, 1.165) is 38.1 Å². The monoisotopic (exact) mass is 322 g/mol. The minimum atomic E-state index is -0.602. The number of hydrogen-bond donors (Lipinski definition) is 2. The van der Waals surface area contributed by atoms with Gasteiger partial charge in [-0.2, -0.15) is 11.8 Å². The molecule has 1 heterocycles. The highest BCUT2D eigenvalue weighted by atomic mass is 35.5. The molecule has 1 saturated heterocycles. The summed E-state index contributed by atoms with van der Waals surface area (Å²) in [6, 6.07) is 0.333. The SMILES string of the molecule is CCSC1CCCC1NC(=O)C1(OC)CCNCC1.Cl. The first-order chi connectivity index (χ1) is 9.22. The molecule has 2 atom stereocenters. The maximum Gasteiger partial charge on any atom is 0.252 e. The highest BCUT2D eigenvalue weighted by Crippen LogP contribution is 2.31. The predicted octanol–water partition coefficient (Wildman–Crippen LogP) is 1.97. The minimum Gasteiger partial charge on any atom is -0.368 e. The number of rotatable bonds is 5. The van der Waals surface area contributed by atoms with Crippen molar-refractivity contribution in [2.24, 2.45) is 0 Å². The van der Waals surface area contributed by atoms with Crippen LogP contribution in [0.1, 0.15) is 39.0 Å². The second-order valence-electron chi connectivity index (χ2n) is 5.45. The van der Waals surface area contributed by atoms with Crippen LogP contribution >= 0.6 is 24.2 Å². The lowest BCUT2D eigenvalue weighted by atomic mass is 9.90. The van der Waals surface area contributed by atoms with E-state index in [4.69, 9.17) is 4.74 Å². The number of carbonyl (C=O) groups excluding carboxylic acids is 1. The Kier molecular flexibility index (Phi) is 7.65. The van der Waals surface area contributed by atoms with Crippen molar-refractivity contribution in [3.8, 4) is 0 Å². The molecular formula is C14H27ClN2O2S. The quantitative estimate of drug-likeness (QED) is 0.812. The zero-order valence-corrected chi connectivity index (χ0v) is 14.1. The van der Waals surface area contributed by atoms with E-state index in [-0.39, 0.29) is 18.3 Å². The van der Waals surface area contributed by atoms with E-state index in [9.17, 15) is 4.79 Å². The van der Waals surface area contributed by atoms with Crippen molar-refractivity contribution in [2.45, 2.75) is 55.9 Å². The maximum absolute atomic E-state index is 12.6. The maximum atomic E-state index is 12.6. The summed E-state index contributed by atoms with van der Waals surface area (Å²) in [7, 11) is 1.66. The summed E-state index contributed by atoms with van der Waals surface area (Å²) < 4.78 is 5.59. The number of ether oxygens (including phenoxy) is 1. The van der Waals surface area contributed by atoms with Crippen LogP contribution in [0.5, 0.6) is 0 Å². The number of halogens is 1. The molecule has 2 fully saturated rings. The summed E-state index contributed by atoms with van der Waals surface area (Å²) in [5.41, 5.74) is -0.602. The molecule has 0 aromatic carbocycles. The number of piperidine rings is 1. The molecule has 1 aliphatic carbocycles. The van der Waals surface area contributed by atoms with Gasteiger partial charge in [0.15, 0.2) is 0 Å². The second kappa shape index (κ2) is 8.47. The van der Waals surface area contributed by atoms with Crippen LogP contribution < -0.4 is 10.6 Å². The average Bonchev–Trinajstić information content (AvgIpc) is 2.87. The van der Waals surface area contributed by atoms with Gasteiger partial charge in [-0.15, -0.1) is 12.4 Å². The molecule has 1 aliphatic heterocycles. The van der Waals surface area contributed by atoms with Crippen LogP contribution in [0.2, 0.25) is 0 Å². The Morgan fingerprint density at radius 2 is 2.10 bits per heavy atom. The van der Waals surface area contributed by atoms with Gasteiger partial charge in [-0.3, -0.25) is 4.79 Å². The summed E-state index contributed by atoms with van der Waals surface area (Å²) in [6.07, 6.45) is 5.11. The van der Waals surface area contributed by atoms with Crippen molar-refractivity contribution in [2.75, 3.05) is 26.0 Å². The van der Waals surface area contributed by atoms with Crippen LogP contribution in [0.25, 0.3) is 0 Å². The molecular weight excluding hydrogens is 296 g/mol. The Morgan fingerprint density at radius 1 is 1.40 bits per heavy atom.